The van der Waals surface area contributed by atoms with Crippen molar-refractivity contribution in [1.29, 1.82) is 0 Å². The van der Waals surface area contributed by atoms with Crippen molar-refractivity contribution in [3.05, 3.63) is 23.8 Å². The van der Waals surface area contributed by atoms with E-state index in [1.165, 1.54) is 18.2 Å². The van der Waals surface area contributed by atoms with Crippen LogP contribution in [0.4, 0.5) is 14.4 Å². The van der Waals surface area contributed by atoms with E-state index in [-0.39, 0.29) is 36.3 Å². The maximum atomic E-state index is 12.7. The summed E-state index contributed by atoms with van der Waals surface area (Å²) in [6.45, 7) is 12.9. The number of carboxylic acids is 1. The van der Waals surface area contributed by atoms with Gasteiger partial charge in [0.15, 0.2) is 11.5 Å². The predicted molar refractivity (Wildman–Crippen MR) is 149 cm³/mol. The minimum atomic E-state index is -2.24. The van der Waals surface area contributed by atoms with Crippen LogP contribution in [0.1, 0.15) is 92.6 Å². The van der Waals surface area contributed by atoms with Gasteiger partial charge in [-0.15, -0.1) is 0 Å². The van der Waals surface area contributed by atoms with Gasteiger partial charge in [-0.2, -0.15) is 0 Å². The highest BCUT2D eigenvalue weighted by atomic mass is 16.8. The molecule has 1 aromatic rings. The average molecular weight is 584 g/mol. The Morgan fingerprint density at radius 3 is 1.90 bits per heavy atom. The molecule has 0 heterocycles. The third kappa shape index (κ3) is 12.7. The zero-order valence-corrected chi connectivity index (χ0v) is 25.2. The summed E-state index contributed by atoms with van der Waals surface area (Å²) in [5, 5.41) is 13.1. The Morgan fingerprint density at radius 1 is 0.854 bits per heavy atom. The smallest absolute Gasteiger partial charge is 0.477 e. The van der Waals surface area contributed by atoms with Crippen LogP contribution in [0.15, 0.2) is 18.2 Å². The fourth-order valence-corrected chi connectivity index (χ4v) is 3.21. The molecule has 0 aliphatic rings. The molecule has 0 radical (unpaired) electrons. The maximum absolute atomic E-state index is 12.7. The quantitative estimate of drug-likeness (QED) is 0.0687. The summed E-state index contributed by atoms with van der Waals surface area (Å²) in [6.07, 6.45) is 0.253. The molecule has 0 spiro atoms. The van der Waals surface area contributed by atoms with E-state index in [1.807, 2.05) is 27.7 Å². The first kappa shape index (κ1) is 35.5. The Bertz CT molecular complexity index is 1010. The van der Waals surface area contributed by atoms with Crippen LogP contribution in [0, 0.1) is 0 Å². The summed E-state index contributed by atoms with van der Waals surface area (Å²) >= 11 is 0. The van der Waals surface area contributed by atoms with Crippen molar-refractivity contribution in [2.24, 2.45) is 0 Å². The van der Waals surface area contributed by atoms with Crippen molar-refractivity contribution in [1.82, 2.24) is 5.32 Å². The third-order valence-electron chi connectivity index (χ3n) is 6.19. The molecule has 0 aromatic heterocycles. The van der Waals surface area contributed by atoms with Crippen molar-refractivity contribution in [3.8, 4) is 11.5 Å². The number of benzene rings is 1. The number of carbonyl (C=O) groups excluding carboxylic acids is 3. The highest BCUT2D eigenvalue weighted by Gasteiger charge is 2.45. The molecule has 0 aliphatic carbocycles. The van der Waals surface area contributed by atoms with E-state index in [1.54, 1.807) is 20.8 Å². The number of unbranched alkanes of at least 4 members (excludes halogenated alkanes) is 2. The SMILES string of the molecule is CCCCOC(=O)Oc1ccc(C[C@](NC(C)CC)(OC(=O)OC(C)(C)CC)C(=O)O)cc1OC(=O)OCCCC. The van der Waals surface area contributed by atoms with E-state index in [0.717, 1.165) is 12.8 Å². The van der Waals surface area contributed by atoms with Gasteiger partial charge in [0, 0.05) is 12.5 Å². The van der Waals surface area contributed by atoms with Gasteiger partial charge in [0.1, 0.15) is 5.60 Å². The molecule has 0 saturated carbocycles. The first-order valence-corrected chi connectivity index (χ1v) is 14.1. The summed E-state index contributed by atoms with van der Waals surface area (Å²) in [7, 11) is 0. The number of carbonyl (C=O) groups is 4. The summed E-state index contributed by atoms with van der Waals surface area (Å²) < 4.78 is 31.4. The molecule has 12 heteroatoms. The summed E-state index contributed by atoms with van der Waals surface area (Å²) in [4.78, 5) is 49.8. The fraction of sp³-hybridized carbons (Fsp3) is 0.655. The number of hydrogen-bond donors (Lipinski definition) is 2. The van der Waals surface area contributed by atoms with Crippen molar-refractivity contribution >= 4 is 24.4 Å². The van der Waals surface area contributed by atoms with Crippen molar-refractivity contribution < 1.29 is 52.7 Å². The summed E-state index contributed by atoms with van der Waals surface area (Å²) in [5.74, 6) is -1.83. The van der Waals surface area contributed by atoms with Gasteiger partial charge in [-0.25, -0.2) is 19.2 Å². The second-order valence-electron chi connectivity index (χ2n) is 10.2. The van der Waals surface area contributed by atoms with E-state index >= 15 is 0 Å². The summed E-state index contributed by atoms with van der Waals surface area (Å²) in [5.41, 5.74) is -2.85. The van der Waals surface area contributed by atoms with Crippen molar-refractivity contribution in [2.75, 3.05) is 13.2 Å². The average Bonchev–Trinajstić information content (AvgIpc) is 2.89. The minimum Gasteiger partial charge on any atom is -0.477 e. The maximum Gasteiger partial charge on any atom is 0.513 e. The van der Waals surface area contributed by atoms with Crippen LogP contribution in [-0.4, -0.2) is 60.1 Å². The number of rotatable bonds is 17. The Hall–Kier alpha value is -3.54. The van der Waals surface area contributed by atoms with Crippen LogP contribution in [0.2, 0.25) is 0 Å². The minimum absolute atomic E-state index is 0.120. The number of nitrogens with one attached hydrogen (secondary N) is 1. The van der Waals surface area contributed by atoms with E-state index in [9.17, 15) is 24.3 Å². The molecular formula is C29H45NO11. The molecule has 2 N–H and O–H groups in total. The summed E-state index contributed by atoms with van der Waals surface area (Å²) in [6, 6.07) is 3.70. The van der Waals surface area contributed by atoms with E-state index in [0.29, 0.717) is 25.7 Å². The first-order valence-electron chi connectivity index (χ1n) is 14.1. The van der Waals surface area contributed by atoms with Gasteiger partial charge in [0.05, 0.1) is 13.2 Å². The molecule has 1 rings (SSSR count). The molecule has 0 aliphatic heterocycles. The van der Waals surface area contributed by atoms with Crippen LogP contribution in [0.25, 0.3) is 0 Å². The van der Waals surface area contributed by atoms with Gasteiger partial charge >= 0.3 is 24.4 Å². The molecule has 0 bridgehead atoms. The van der Waals surface area contributed by atoms with E-state index in [2.05, 4.69) is 5.32 Å². The Balaban J connectivity index is 3.41. The Kier molecular flexibility index (Phi) is 15.0. The molecule has 232 valence electrons. The lowest BCUT2D eigenvalue weighted by atomic mass is 10.00. The van der Waals surface area contributed by atoms with Crippen LogP contribution in [0.5, 0.6) is 11.5 Å². The van der Waals surface area contributed by atoms with E-state index in [4.69, 9.17) is 28.4 Å². The standard InChI is InChI=1S/C29H45NO11/c1-8-12-16-36-25(33)38-22-15-14-21(18-23(22)39-26(34)37-17-13-9-2)19-29(24(31)32,30-20(5)10-3)41-27(35)40-28(6,7)11-4/h14-15,18,20,30H,8-13,16-17,19H2,1-7H3,(H,31,32)/t20?,29-/m0/s1. The Morgan fingerprint density at radius 2 is 1.41 bits per heavy atom. The van der Waals surface area contributed by atoms with Gasteiger partial charge < -0.3 is 33.5 Å². The molecule has 0 amide bonds. The van der Waals surface area contributed by atoms with E-state index < -0.39 is 42.2 Å². The zero-order chi connectivity index (χ0) is 31.1. The number of aliphatic carboxylic acids is 1. The second-order valence-corrected chi connectivity index (χ2v) is 10.2. The molecule has 0 fully saturated rings. The topological polar surface area (TPSA) is 156 Å². The lowest BCUT2D eigenvalue weighted by Gasteiger charge is -2.34. The van der Waals surface area contributed by atoms with Gasteiger partial charge in [-0.3, -0.25) is 5.32 Å². The second kappa shape index (κ2) is 17.3. The predicted octanol–water partition coefficient (Wildman–Crippen LogP) is 6.37. The molecule has 0 saturated heterocycles. The molecule has 12 nitrogen and oxygen atoms in total. The molecule has 1 aromatic carbocycles. The molecular weight excluding hydrogens is 538 g/mol. The zero-order valence-electron chi connectivity index (χ0n) is 25.2. The van der Waals surface area contributed by atoms with Gasteiger partial charge in [0.25, 0.3) is 5.72 Å². The largest absolute Gasteiger partial charge is 0.513 e. The van der Waals surface area contributed by atoms with Crippen molar-refractivity contribution in [2.45, 2.75) is 111 Å². The van der Waals surface area contributed by atoms with Crippen LogP contribution in [-0.2, 0) is 30.2 Å². The number of hydrogen-bond acceptors (Lipinski definition) is 11. The number of carboxylic acid groups (broad SMARTS) is 1. The normalized spacial score (nSPS) is 13.3. The lowest BCUT2D eigenvalue weighted by Crippen LogP contribution is -2.60. The Labute approximate surface area is 241 Å². The van der Waals surface area contributed by atoms with Gasteiger partial charge in [-0.05, 0) is 64.2 Å². The third-order valence-corrected chi connectivity index (χ3v) is 6.19. The van der Waals surface area contributed by atoms with Crippen molar-refractivity contribution in [3.63, 3.8) is 0 Å². The molecule has 2 atom stereocenters. The molecule has 1 unspecified atom stereocenters. The van der Waals surface area contributed by atoms with Crippen LogP contribution in [0.3, 0.4) is 0 Å². The fourth-order valence-electron chi connectivity index (χ4n) is 3.21. The highest BCUT2D eigenvalue weighted by Crippen LogP contribution is 2.32. The van der Waals surface area contributed by atoms with Gasteiger partial charge in [0.2, 0.25) is 0 Å². The lowest BCUT2D eigenvalue weighted by molar-refractivity contribution is -0.169. The molecule has 41 heavy (non-hydrogen) atoms. The first-order chi connectivity index (χ1) is 19.3. The monoisotopic (exact) mass is 583 g/mol. The van der Waals surface area contributed by atoms with Crippen LogP contribution < -0.4 is 14.8 Å². The highest BCUT2D eigenvalue weighted by molar-refractivity contribution is 5.80. The van der Waals surface area contributed by atoms with Gasteiger partial charge in [-0.1, -0.05) is 46.6 Å². The number of ether oxygens (including phenoxy) is 6. The van der Waals surface area contributed by atoms with Crippen LogP contribution >= 0.6 is 0 Å².